The van der Waals surface area contributed by atoms with Crippen LogP contribution in [0, 0.1) is 0 Å². The quantitative estimate of drug-likeness (QED) is 0.776. The van der Waals surface area contributed by atoms with Crippen molar-refractivity contribution in [2.24, 2.45) is 0 Å². The van der Waals surface area contributed by atoms with Crippen LogP contribution in [0.15, 0.2) is 24.3 Å². The van der Waals surface area contributed by atoms with Gasteiger partial charge in [0.1, 0.15) is 0 Å². The van der Waals surface area contributed by atoms with Crippen molar-refractivity contribution in [1.82, 2.24) is 10.2 Å². The average molecular weight is 301 g/mol. The molecule has 2 saturated heterocycles. The Bertz CT molecular complexity index is 531. The van der Waals surface area contributed by atoms with Gasteiger partial charge in [0.25, 0.3) is 0 Å². The Morgan fingerprint density at radius 1 is 1.09 bits per heavy atom. The van der Waals surface area contributed by atoms with Crippen LogP contribution in [0.3, 0.4) is 0 Å². The molecule has 0 amide bonds. The Labute approximate surface area is 132 Å². The van der Waals surface area contributed by atoms with E-state index in [1.807, 2.05) is 0 Å². The minimum atomic E-state index is -0.519. The van der Waals surface area contributed by atoms with E-state index in [0.29, 0.717) is 5.41 Å². The van der Waals surface area contributed by atoms with Gasteiger partial charge in [0.2, 0.25) is 0 Å². The maximum Gasteiger partial charge on any atom is 0.0898 e. The second kappa shape index (κ2) is 5.52. The first-order valence-electron chi connectivity index (χ1n) is 8.68. The molecule has 1 aromatic carbocycles. The van der Waals surface area contributed by atoms with Crippen LogP contribution in [0.25, 0.3) is 0 Å². The lowest BCUT2D eigenvalue weighted by atomic mass is 9.74. The zero-order chi connectivity index (χ0) is 15.0. The third-order valence-electron chi connectivity index (χ3n) is 5.90. The molecule has 3 heterocycles. The molecule has 0 radical (unpaired) electrons. The summed E-state index contributed by atoms with van der Waals surface area (Å²) in [6, 6.07) is 8.78. The van der Waals surface area contributed by atoms with Gasteiger partial charge in [-0.05, 0) is 56.9 Å². The van der Waals surface area contributed by atoms with Crippen LogP contribution in [0.2, 0.25) is 0 Å². The van der Waals surface area contributed by atoms with Crippen LogP contribution in [0.5, 0.6) is 0 Å². The summed E-state index contributed by atoms with van der Waals surface area (Å²) in [7, 11) is 0. The van der Waals surface area contributed by atoms with E-state index in [2.05, 4.69) is 39.8 Å². The first kappa shape index (κ1) is 14.5. The second-order valence-electron chi connectivity index (χ2n) is 7.46. The molecular formula is C18H27N3O. The maximum atomic E-state index is 10.7. The normalized spacial score (nSPS) is 31.0. The van der Waals surface area contributed by atoms with Gasteiger partial charge < -0.3 is 20.6 Å². The van der Waals surface area contributed by atoms with E-state index in [1.165, 1.54) is 24.1 Å². The Hall–Kier alpha value is -1.10. The van der Waals surface area contributed by atoms with Crippen molar-refractivity contribution in [3.8, 4) is 0 Å². The number of piperidine rings is 2. The Kier molecular flexibility index (Phi) is 3.63. The smallest absolute Gasteiger partial charge is 0.0898 e. The number of β-amino-alcohol motifs (C(OH)–C–C–N with tert-alkyl or cyclic N) is 1. The summed E-state index contributed by atoms with van der Waals surface area (Å²) in [6.45, 7) is 5.89. The van der Waals surface area contributed by atoms with Gasteiger partial charge in [-0.15, -0.1) is 0 Å². The summed E-state index contributed by atoms with van der Waals surface area (Å²) in [5.41, 5.74) is 2.63. The van der Waals surface area contributed by atoms with E-state index in [1.54, 1.807) is 0 Å². The first-order chi connectivity index (χ1) is 10.7. The molecule has 0 aromatic heterocycles. The number of nitrogens with zero attached hydrogens (tertiary/aromatic N) is 1. The number of hydrogen-bond donors (Lipinski definition) is 3. The van der Waals surface area contributed by atoms with Crippen molar-refractivity contribution in [1.29, 1.82) is 0 Å². The molecule has 0 aliphatic carbocycles. The van der Waals surface area contributed by atoms with Crippen molar-refractivity contribution in [2.75, 3.05) is 44.6 Å². The molecule has 120 valence electrons. The summed E-state index contributed by atoms with van der Waals surface area (Å²) in [4.78, 5) is 2.47. The molecule has 4 heteroatoms. The Morgan fingerprint density at radius 3 is 2.68 bits per heavy atom. The number of rotatable bonds is 2. The molecule has 3 aliphatic rings. The third-order valence-corrected chi connectivity index (χ3v) is 5.90. The van der Waals surface area contributed by atoms with Gasteiger partial charge in [0.05, 0.1) is 5.60 Å². The Morgan fingerprint density at radius 2 is 1.91 bits per heavy atom. The van der Waals surface area contributed by atoms with Crippen molar-refractivity contribution < 1.29 is 5.11 Å². The van der Waals surface area contributed by atoms with E-state index < -0.39 is 5.60 Å². The van der Waals surface area contributed by atoms with Crippen molar-refractivity contribution in [3.05, 3.63) is 29.8 Å². The van der Waals surface area contributed by atoms with E-state index in [-0.39, 0.29) is 0 Å². The molecule has 2 fully saturated rings. The van der Waals surface area contributed by atoms with Crippen LogP contribution in [0.1, 0.15) is 31.2 Å². The summed E-state index contributed by atoms with van der Waals surface area (Å²) < 4.78 is 0. The van der Waals surface area contributed by atoms with Gasteiger partial charge in [-0.25, -0.2) is 0 Å². The standard InChI is InChI=1S/C18H27N3O/c22-18(6-3-9-19-13-18)14-21-10-7-17(8-11-21)12-20-16-5-2-1-4-15(16)17/h1-2,4-5,19-20,22H,3,6-14H2. The summed E-state index contributed by atoms with van der Waals surface area (Å²) >= 11 is 0. The number of benzene rings is 1. The number of aliphatic hydroxyl groups is 1. The van der Waals surface area contributed by atoms with Gasteiger partial charge in [0.15, 0.2) is 0 Å². The topological polar surface area (TPSA) is 47.5 Å². The van der Waals surface area contributed by atoms with E-state index in [4.69, 9.17) is 0 Å². The van der Waals surface area contributed by atoms with Crippen LogP contribution in [-0.4, -0.2) is 54.9 Å². The minimum Gasteiger partial charge on any atom is -0.387 e. The molecule has 4 rings (SSSR count). The molecule has 22 heavy (non-hydrogen) atoms. The minimum absolute atomic E-state index is 0.320. The molecular weight excluding hydrogens is 274 g/mol. The lowest BCUT2D eigenvalue weighted by Crippen LogP contribution is -2.55. The molecule has 0 bridgehead atoms. The summed E-state index contributed by atoms with van der Waals surface area (Å²) in [5, 5.41) is 17.6. The van der Waals surface area contributed by atoms with E-state index in [0.717, 1.165) is 52.1 Å². The van der Waals surface area contributed by atoms with Crippen LogP contribution >= 0.6 is 0 Å². The molecule has 4 nitrogen and oxygen atoms in total. The van der Waals surface area contributed by atoms with Crippen LogP contribution in [-0.2, 0) is 5.41 Å². The molecule has 1 unspecified atom stereocenters. The van der Waals surface area contributed by atoms with Crippen LogP contribution < -0.4 is 10.6 Å². The van der Waals surface area contributed by atoms with Gasteiger partial charge in [-0.1, -0.05) is 18.2 Å². The molecule has 3 aliphatic heterocycles. The molecule has 1 aromatic rings. The number of para-hydroxylation sites is 1. The zero-order valence-corrected chi connectivity index (χ0v) is 13.3. The first-order valence-corrected chi connectivity index (χ1v) is 8.68. The van der Waals surface area contributed by atoms with Crippen molar-refractivity contribution in [2.45, 2.75) is 36.7 Å². The van der Waals surface area contributed by atoms with E-state index >= 15 is 0 Å². The predicted molar refractivity (Wildman–Crippen MR) is 89.3 cm³/mol. The zero-order valence-electron chi connectivity index (χ0n) is 13.3. The summed E-state index contributed by atoms with van der Waals surface area (Å²) in [5.74, 6) is 0. The summed E-state index contributed by atoms with van der Waals surface area (Å²) in [6.07, 6.45) is 4.42. The van der Waals surface area contributed by atoms with Gasteiger partial charge in [-0.3, -0.25) is 0 Å². The lowest BCUT2D eigenvalue weighted by molar-refractivity contribution is -0.0236. The predicted octanol–water partition coefficient (Wildman–Crippen LogP) is 1.56. The fourth-order valence-electron chi connectivity index (χ4n) is 4.55. The van der Waals surface area contributed by atoms with E-state index in [9.17, 15) is 5.11 Å². The Balaban J connectivity index is 1.41. The third kappa shape index (κ3) is 2.53. The van der Waals surface area contributed by atoms with Crippen molar-refractivity contribution in [3.63, 3.8) is 0 Å². The molecule has 1 spiro atoms. The monoisotopic (exact) mass is 301 g/mol. The second-order valence-corrected chi connectivity index (χ2v) is 7.46. The fraction of sp³-hybridized carbons (Fsp3) is 0.667. The highest BCUT2D eigenvalue weighted by molar-refractivity contribution is 5.60. The van der Waals surface area contributed by atoms with Gasteiger partial charge in [0, 0.05) is 30.7 Å². The number of hydrogen-bond acceptors (Lipinski definition) is 4. The molecule has 3 N–H and O–H groups in total. The highest BCUT2D eigenvalue weighted by Crippen LogP contribution is 2.43. The van der Waals surface area contributed by atoms with Crippen LogP contribution in [0.4, 0.5) is 5.69 Å². The highest BCUT2D eigenvalue weighted by Gasteiger charge is 2.42. The van der Waals surface area contributed by atoms with Gasteiger partial charge in [-0.2, -0.15) is 0 Å². The SMILES string of the molecule is OC1(CN2CCC3(CC2)CNc2ccccc23)CCCNC1. The fourth-order valence-corrected chi connectivity index (χ4v) is 4.55. The number of anilines is 1. The number of likely N-dealkylation sites (tertiary alicyclic amines) is 1. The largest absolute Gasteiger partial charge is 0.387 e. The number of nitrogens with one attached hydrogen (secondary N) is 2. The molecule has 1 atom stereocenters. The van der Waals surface area contributed by atoms with Crippen molar-refractivity contribution >= 4 is 5.69 Å². The maximum absolute atomic E-state index is 10.7. The highest BCUT2D eigenvalue weighted by atomic mass is 16.3. The number of fused-ring (bicyclic) bond motifs is 2. The lowest BCUT2D eigenvalue weighted by Gasteiger charge is -2.43. The van der Waals surface area contributed by atoms with Gasteiger partial charge >= 0.3 is 0 Å². The average Bonchev–Trinajstić information content (AvgIpc) is 2.90. The molecule has 0 saturated carbocycles.